The van der Waals surface area contributed by atoms with E-state index in [2.05, 4.69) is 61.4 Å². The molecule has 0 spiro atoms. The lowest BCUT2D eigenvalue weighted by atomic mass is 10.2. The van der Waals surface area contributed by atoms with E-state index in [-0.39, 0.29) is 0 Å². The average Bonchev–Trinajstić information content (AvgIpc) is 2.34. The third-order valence-corrected chi connectivity index (χ3v) is 2.99. The molecule has 0 aliphatic carbocycles. The van der Waals surface area contributed by atoms with Crippen molar-refractivity contribution in [3.63, 3.8) is 0 Å². The lowest BCUT2D eigenvalue weighted by Gasteiger charge is -2.16. The van der Waals surface area contributed by atoms with Gasteiger partial charge in [-0.05, 0) is 51.0 Å². The highest BCUT2D eigenvalue weighted by atomic mass is 15.1. The maximum absolute atomic E-state index is 3.49. The van der Waals surface area contributed by atoms with E-state index >= 15 is 0 Å². The maximum Gasteiger partial charge on any atom is 0.0230 e. The molecule has 102 valence electrons. The van der Waals surface area contributed by atoms with Gasteiger partial charge in [-0.1, -0.05) is 44.2 Å². The van der Waals surface area contributed by atoms with Gasteiger partial charge < -0.3 is 10.2 Å². The summed E-state index contributed by atoms with van der Waals surface area (Å²) in [6.07, 6.45) is 2.54. The molecule has 2 nitrogen and oxygen atoms in total. The lowest BCUT2D eigenvalue weighted by molar-refractivity contribution is 0.317. The standard InChI is InChI=1S/C16H28N2/c1-15(2)13-17-11-7-8-12-18(3)14-16-9-5-4-6-10-16/h4-6,9-10,15,17H,7-8,11-14H2,1-3H3. The minimum atomic E-state index is 0.755. The number of hydrogen-bond donors (Lipinski definition) is 1. The van der Waals surface area contributed by atoms with Crippen LogP contribution in [0.2, 0.25) is 0 Å². The molecule has 0 fully saturated rings. The maximum atomic E-state index is 3.49. The van der Waals surface area contributed by atoms with E-state index in [0.717, 1.165) is 25.6 Å². The first-order valence-electron chi connectivity index (χ1n) is 7.11. The fourth-order valence-electron chi connectivity index (χ4n) is 2.00. The quantitative estimate of drug-likeness (QED) is 0.675. The topological polar surface area (TPSA) is 15.3 Å². The first-order chi connectivity index (χ1) is 8.68. The molecule has 0 aromatic heterocycles. The summed E-state index contributed by atoms with van der Waals surface area (Å²) in [5.74, 6) is 0.755. The smallest absolute Gasteiger partial charge is 0.0230 e. The summed E-state index contributed by atoms with van der Waals surface area (Å²) >= 11 is 0. The Morgan fingerprint density at radius 1 is 1.11 bits per heavy atom. The number of nitrogens with zero attached hydrogens (tertiary/aromatic N) is 1. The first-order valence-corrected chi connectivity index (χ1v) is 7.11. The van der Waals surface area contributed by atoms with Crippen LogP contribution in [0.25, 0.3) is 0 Å². The summed E-state index contributed by atoms with van der Waals surface area (Å²) in [6, 6.07) is 10.7. The summed E-state index contributed by atoms with van der Waals surface area (Å²) in [5.41, 5.74) is 1.40. The Morgan fingerprint density at radius 3 is 2.50 bits per heavy atom. The highest BCUT2D eigenvalue weighted by Crippen LogP contribution is 2.03. The van der Waals surface area contributed by atoms with E-state index in [0.29, 0.717) is 0 Å². The number of nitrogens with one attached hydrogen (secondary N) is 1. The zero-order chi connectivity index (χ0) is 13.2. The van der Waals surface area contributed by atoms with Crippen LogP contribution < -0.4 is 5.32 Å². The van der Waals surface area contributed by atoms with Crippen LogP contribution in [0.15, 0.2) is 30.3 Å². The van der Waals surface area contributed by atoms with Gasteiger partial charge >= 0.3 is 0 Å². The monoisotopic (exact) mass is 248 g/mol. The highest BCUT2D eigenvalue weighted by molar-refractivity contribution is 5.14. The normalized spacial score (nSPS) is 11.4. The first kappa shape index (κ1) is 15.2. The van der Waals surface area contributed by atoms with E-state index in [1.807, 2.05) is 0 Å². The van der Waals surface area contributed by atoms with Crippen molar-refractivity contribution in [3.8, 4) is 0 Å². The third kappa shape index (κ3) is 7.46. The predicted molar refractivity (Wildman–Crippen MR) is 79.7 cm³/mol. The second-order valence-electron chi connectivity index (χ2n) is 5.53. The van der Waals surface area contributed by atoms with Crippen molar-refractivity contribution in [2.45, 2.75) is 33.2 Å². The largest absolute Gasteiger partial charge is 0.316 e. The van der Waals surface area contributed by atoms with Crippen LogP contribution in [0.3, 0.4) is 0 Å². The van der Waals surface area contributed by atoms with Crippen LogP contribution in [0, 0.1) is 5.92 Å². The number of benzene rings is 1. The summed E-state index contributed by atoms with van der Waals surface area (Å²) in [4.78, 5) is 2.40. The van der Waals surface area contributed by atoms with Crippen LogP contribution in [0.4, 0.5) is 0 Å². The Kier molecular flexibility index (Phi) is 7.70. The summed E-state index contributed by atoms with van der Waals surface area (Å²) in [5, 5.41) is 3.49. The zero-order valence-electron chi connectivity index (χ0n) is 12.2. The molecule has 0 aliphatic heterocycles. The van der Waals surface area contributed by atoms with Crippen molar-refractivity contribution in [1.29, 1.82) is 0 Å². The molecule has 0 unspecified atom stereocenters. The molecule has 0 atom stereocenters. The van der Waals surface area contributed by atoms with Gasteiger partial charge in [0.2, 0.25) is 0 Å². The van der Waals surface area contributed by atoms with Gasteiger partial charge in [-0.2, -0.15) is 0 Å². The molecule has 18 heavy (non-hydrogen) atoms. The van der Waals surface area contributed by atoms with Crippen molar-refractivity contribution in [1.82, 2.24) is 10.2 Å². The van der Waals surface area contributed by atoms with E-state index in [9.17, 15) is 0 Å². The molecular formula is C16H28N2. The van der Waals surface area contributed by atoms with Gasteiger partial charge in [0.25, 0.3) is 0 Å². The van der Waals surface area contributed by atoms with Gasteiger partial charge in [0, 0.05) is 6.54 Å². The molecule has 0 heterocycles. The van der Waals surface area contributed by atoms with Crippen molar-refractivity contribution in [2.24, 2.45) is 5.92 Å². The second-order valence-corrected chi connectivity index (χ2v) is 5.53. The number of hydrogen-bond acceptors (Lipinski definition) is 2. The van der Waals surface area contributed by atoms with Gasteiger partial charge in [-0.25, -0.2) is 0 Å². The Morgan fingerprint density at radius 2 is 1.83 bits per heavy atom. The average molecular weight is 248 g/mol. The summed E-state index contributed by atoms with van der Waals surface area (Å²) in [7, 11) is 2.20. The zero-order valence-corrected chi connectivity index (χ0v) is 12.2. The van der Waals surface area contributed by atoms with Crippen LogP contribution in [-0.2, 0) is 6.54 Å². The minimum Gasteiger partial charge on any atom is -0.316 e. The molecule has 0 bridgehead atoms. The molecule has 1 aromatic carbocycles. The molecule has 0 saturated heterocycles. The lowest BCUT2D eigenvalue weighted by Crippen LogP contribution is -2.23. The number of unbranched alkanes of at least 4 members (excludes halogenated alkanes) is 1. The minimum absolute atomic E-state index is 0.755. The van der Waals surface area contributed by atoms with Crippen LogP contribution >= 0.6 is 0 Å². The van der Waals surface area contributed by atoms with Crippen molar-refractivity contribution < 1.29 is 0 Å². The molecule has 1 aromatic rings. The summed E-state index contributed by atoms with van der Waals surface area (Å²) < 4.78 is 0. The van der Waals surface area contributed by atoms with Crippen LogP contribution in [0.5, 0.6) is 0 Å². The molecular weight excluding hydrogens is 220 g/mol. The Labute approximate surface area is 112 Å². The molecule has 2 heteroatoms. The SMILES string of the molecule is CC(C)CNCCCCN(C)Cc1ccccc1. The fraction of sp³-hybridized carbons (Fsp3) is 0.625. The Balaban J connectivity index is 2.02. The molecule has 1 rings (SSSR count). The van der Waals surface area contributed by atoms with Crippen LogP contribution in [-0.4, -0.2) is 31.6 Å². The van der Waals surface area contributed by atoms with Gasteiger partial charge in [0.05, 0.1) is 0 Å². The summed E-state index contributed by atoms with van der Waals surface area (Å²) in [6.45, 7) is 9.02. The third-order valence-electron chi connectivity index (χ3n) is 2.99. The van der Waals surface area contributed by atoms with Gasteiger partial charge in [-0.15, -0.1) is 0 Å². The van der Waals surface area contributed by atoms with E-state index in [1.54, 1.807) is 0 Å². The van der Waals surface area contributed by atoms with E-state index in [4.69, 9.17) is 0 Å². The van der Waals surface area contributed by atoms with Crippen LogP contribution in [0.1, 0.15) is 32.3 Å². The second kappa shape index (κ2) is 9.12. The van der Waals surface area contributed by atoms with E-state index < -0.39 is 0 Å². The molecule has 0 radical (unpaired) electrons. The molecule has 1 N–H and O–H groups in total. The predicted octanol–water partition coefficient (Wildman–Crippen LogP) is 3.14. The van der Waals surface area contributed by atoms with Crippen molar-refractivity contribution in [3.05, 3.63) is 35.9 Å². The highest BCUT2D eigenvalue weighted by Gasteiger charge is 1.99. The van der Waals surface area contributed by atoms with Crippen molar-refractivity contribution >= 4 is 0 Å². The molecule has 0 amide bonds. The van der Waals surface area contributed by atoms with Gasteiger partial charge in [0.1, 0.15) is 0 Å². The van der Waals surface area contributed by atoms with E-state index in [1.165, 1.54) is 24.9 Å². The Bertz CT molecular complexity index is 295. The van der Waals surface area contributed by atoms with Gasteiger partial charge in [-0.3, -0.25) is 0 Å². The Hall–Kier alpha value is -0.860. The van der Waals surface area contributed by atoms with Crippen molar-refractivity contribution in [2.75, 3.05) is 26.7 Å². The van der Waals surface area contributed by atoms with Gasteiger partial charge in [0.15, 0.2) is 0 Å². The fourth-order valence-corrected chi connectivity index (χ4v) is 2.00. The number of rotatable bonds is 9. The molecule has 0 aliphatic rings. The molecule has 0 saturated carbocycles.